The van der Waals surface area contributed by atoms with Crippen molar-refractivity contribution in [2.75, 3.05) is 13.7 Å². The summed E-state index contributed by atoms with van der Waals surface area (Å²) in [6, 6.07) is 17.6. The molecule has 33 heavy (non-hydrogen) atoms. The second-order valence-electron chi connectivity index (χ2n) is 7.78. The van der Waals surface area contributed by atoms with Crippen molar-refractivity contribution in [3.63, 3.8) is 0 Å². The number of nitrogens with zero attached hydrogens (tertiary/aromatic N) is 1. The van der Waals surface area contributed by atoms with E-state index in [0.717, 1.165) is 57.5 Å². The number of aryl methyl sites for hydroxylation is 1. The number of hydrogen-bond acceptors (Lipinski definition) is 3. The van der Waals surface area contributed by atoms with Gasteiger partial charge in [0.25, 0.3) is 0 Å². The summed E-state index contributed by atoms with van der Waals surface area (Å²) in [6.45, 7) is 2.64. The van der Waals surface area contributed by atoms with E-state index in [4.69, 9.17) is 23.2 Å². The number of allylic oxidation sites excluding steroid dienone is 2. The Morgan fingerprint density at radius 3 is 2.55 bits per heavy atom. The molecule has 0 unspecified atom stereocenters. The van der Waals surface area contributed by atoms with E-state index < -0.39 is 0 Å². The van der Waals surface area contributed by atoms with E-state index >= 15 is 0 Å². The first-order chi connectivity index (χ1) is 16.1. The smallest absolute Gasteiger partial charge is 0.497 e. The minimum absolute atomic E-state index is 0.547. The van der Waals surface area contributed by atoms with E-state index in [1.165, 1.54) is 0 Å². The van der Waals surface area contributed by atoms with Gasteiger partial charge in [0.15, 0.2) is 5.70 Å². The Kier molecular flexibility index (Phi) is 6.96. The lowest BCUT2D eigenvalue weighted by molar-refractivity contribution is -0.294. The Morgan fingerprint density at radius 2 is 1.85 bits per heavy atom. The zero-order valence-corrected chi connectivity index (χ0v) is 18.9. The number of hydrogen-bond donors (Lipinski definition) is 2. The van der Waals surface area contributed by atoms with Crippen LogP contribution in [0.4, 0.5) is 0 Å². The zero-order chi connectivity index (χ0) is 23.2. The summed E-state index contributed by atoms with van der Waals surface area (Å²) >= 11 is 0. The Bertz CT molecular complexity index is 1250. The van der Waals surface area contributed by atoms with E-state index in [9.17, 15) is 0 Å². The van der Waals surface area contributed by atoms with Gasteiger partial charge < -0.3 is 20.2 Å². The predicted octanol–water partition coefficient (Wildman–Crippen LogP) is 5.09. The second-order valence-corrected chi connectivity index (χ2v) is 7.78. The van der Waals surface area contributed by atoms with E-state index in [-0.39, 0.29) is 0 Å². The quantitative estimate of drug-likeness (QED) is 0.484. The SMILES string of the molecule is [B][N+]1=CC=CC1=C(CCN)c1[nH]c(/C=C/c2cccc(Oc3ccc(OC)cc3)c2)cc1C. The predicted molar refractivity (Wildman–Crippen MR) is 136 cm³/mol. The molecule has 2 aromatic carbocycles. The van der Waals surface area contributed by atoms with Crippen LogP contribution < -0.4 is 15.2 Å². The summed E-state index contributed by atoms with van der Waals surface area (Å²) in [7, 11) is 7.74. The molecule has 0 saturated heterocycles. The van der Waals surface area contributed by atoms with Gasteiger partial charge in [0.05, 0.1) is 12.8 Å². The average molecular weight is 436 g/mol. The van der Waals surface area contributed by atoms with Gasteiger partial charge in [-0.25, -0.2) is 0 Å². The first-order valence-electron chi connectivity index (χ1n) is 10.9. The van der Waals surface area contributed by atoms with Crippen molar-refractivity contribution in [3.8, 4) is 17.2 Å². The van der Waals surface area contributed by atoms with E-state index in [2.05, 4.69) is 30.1 Å². The number of nitrogens with one attached hydrogen (secondary N) is 1. The molecule has 0 fully saturated rings. The van der Waals surface area contributed by atoms with Gasteiger partial charge in [0, 0.05) is 23.4 Å². The van der Waals surface area contributed by atoms with Crippen LogP contribution >= 0.6 is 0 Å². The highest BCUT2D eigenvalue weighted by molar-refractivity contribution is 6.01. The highest BCUT2D eigenvalue weighted by atomic mass is 16.5. The standard InChI is InChI=1S/C27H27BN3O2/c1-19-17-21(30-27(19)25(14-15-29)26-7-4-16-31(26)28)9-8-20-5-3-6-24(18-20)33-23-12-10-22(32-2)11-13-23/h3-13,16-18,30H,14-15,29H2,1-2H3/q+1/b9-8+. The molecule has 164 valence electrons. The normalized spacial score (nSPS) is 14.6. The third-order valence-corrected chi connectivity index (χ3v) is 5.43. The van der Waals surface area contributed by atoms with Crippen LogP contribution in [0.5, 0.6) is 17.2 Å². The number of aromatic amines is 1. The highest BCUT2D eigenvalue weighted by Crippen LogP contribution is 2.28. The molecule has 3 N–H and O–H groups in total. The molecular formula is C27H27BN3O2+. The molecule has 5 nitrogen and oxygen atoms in total. The topological polar surface area (TPSA) is 63.3 Å². The van der Waals surface area contributed by atoms with Gasteiger partial charge in [-0.05, 0) is 79.6 Å². The molecule has 3 aromatic rings. The molecule has 0 aliphatic carbocycles. The first-order valence-corrected chi connectivity index (χ1v) is 10.9. The lowest BCUT2D eigenvalue weighted by Gasteiger charge is -2.07. The number of H-pyrrole nitrogens is 1. The molecule has 6 heteroatoms. The summed E-state index contributed by atoms with van der Waals surface area (Å²) < 4.78 is 12.8. The maximum Gasteiger partial charge on any atom is 0.586 e. The lowest BCUT2D eigenvalue weighted by atomic mass is 10.0. The molecule has 0 amide bonds. The molecule has 1 aliphatic rings. The minimum atomic E-state index is 0.547. The number of rotatable bonds is 8. The van der Waals surface area contributed by atoms with Gasteiger partial charge in [0.1, 0.15) is 23.5 Å². The van der Waals surface area contributed by atoms with Crippen molar-refractivity contribution < 1.29 is 14.0 Å². The fourth-order valence-corrected chi connectivity index (χ4v) is 3.81. The van der Waals surface area contributed by atoms with Crippen molar-refractivity contribution in [2.24, 2.45) is 5.73 Å². The summed E-state index contributed by atoms with van der Waals surface area (Å²) in [5.41, 5.74) is 12.2. The van der Waals surface area contributed by atoms with E-state index in [0.29, 0.717) is 6.54 Å². The summed E-state index contributed by atoms with van der Waals surface area (Å²) in [4.78, 5) is 3.53. The minimum Gasteiger partial charge on any atom is -0.497 e. The third-order valence-electron chi connectivity index (χ3n) is 5.43. The van der Waals surface area contributed by atoms with Gasteiger partial charge in [-0.1, -0.05) is 18.2 Å². The Morgan fingerprint density at radius 1 is 1.06 bits per heavy atom. The van der Waals surface area contributed by atoms with Gasteiger partial charge >= 0.3 is 7.98 Å². The van der Waals surface area contributed by atoms with Gasteiger partial charge in [-0.3, -0.25) is 4.49 Å². The van der Waals surface area contributed by atoms with Crippen LogP contribution in [0.1, 0.15) is 28.9 Å². The number of nitrogens with two attached hydrogens (primary N) is 1. The number of methoxy groups -OCH3 is 1. The van der Waals surface area contributed by atoms with Crippen LogP contribution in [0, 0.1) is 6.92 Å². The van der Waals surface area contributed by atoms with Crippen LogP contribution in [-0.4, -0.2) is 37.3 Å². The molecule has 1 aromatic heterocycles. The molecule has 0 bridgehead atoms. The van der Waals surface area contributed by atoms with Gasteiger partial charge in [-0.15, -0.1) is 0 Å². The van der Waals surface area contributed by atoms with Crippen molar-refractivity contribution in [1.29, 1.82) is 0 Å². The second kappa shape index (κ2) is 10.2. The summed E-state index contributed by atoms with van der Waals surface area (Å²) in [5.74, 6) is 2.33. The molecule has 0 saturated carbocycles. The first kappa shape index (κ1) is 22.4. The average Bonchev–Trinajstić information content (AvgIpc) is 3.42. The zero-order valence-electron chi connectivity index (χ0n) is 18.9. The third kappa shape index (κ3) is 5.36. The van der Waals surface area contributed by atoms with Crippen LogP contribution in [0.15, 0.2) is 72.4 Å². The summed E-state index contributed by atoms with van der Waals surface area (Å²) in [5, 5.41) is 0. The molecule has 2 heterocycles. The number of aromatic nitrogens is 1. The van der Waals surface area contributed by atoms with Crippen LogP contribution in [0.3, 0.4) is 0 Å². The molecule has 0 atom stereocenters. The summed E-state index contributed by atoms with van der Waals surface area (Å²) in [6.07, 6.45) is 10.6. The van der Waals surface area contributed by atoms with Crippen molar-refractivity contribution >= 4 is 31.9 Å². The van der Waals surface area contributed by atoms with Gasteiger partial charge in [0.2, 0.25) is 0 Å². The molecule has 0 spiro atoms. The van der Waals surface area contributed by atoms with Crippen molar-refractivity contribution in [1.82, 2.24) is 4.98 Å². The van der Waals surface area contributed by atoms with Gasteiger partial charge in [-0.2, -0.15) is 0 Å². The van der Waals surface area contributed by atoms with Crippen LogP contribution in [-0.2, 0) is 0 Å². The highest BCUT2D eigenvalue weighted by Gasteiger charge is 2.20. The Labute approximate surface area is 196 Å². The fraction of sp³-hybridized carbons (Fsp3) is 0.148. The monoisotopic (exact) mass is 436 g/mol. The number of benzene rings is 2. The molecule has 4 rings (SSSR count). The molecule has 2 radical (unpaired) electrons. The van der Waals surface area contributed by atoms with E-state index in [1.807, 2.05) is 66.9 Å². The Balaban J connectivity index is 1.53. The molecule has 1 aliphatic heterocycles. The number of ether oxygens (including phenoxy) is 2. The largest absolute Gasteiger partial charge is 0.586 e. The van der Waals surface area contributed by atoms with Crippen molar-refractivity contribution in [2.45, 2.75) is 13.3 Å². The molecular weight excluding hydrogens is 409 g/mol. The van der Waals surface area contributed by atoms with Crippen LogP contribution in [0.2, 0.25) is 0 Å². The maximum atomic E-state index is 6.09. The van der Waals surface area contributed by atoms with Crippen LogP contribution in [0.25, 0.3) is 17.7 Å². The van der Waals surface area contributed by atoms with Crippen molar-refractivity contribution in [3.05, 3.63) is 95.0 Å². The Hall–Kier alpha value is -3.77. The van der Waals surface area contributed by atoms with E-state index in [1.54, 1.807) is 11.6 Å². The lowest BCUT2D eigenvalue weighted by Crippen LogP contribution is -2.09. The fourth-order valence-electron chi connectivity index (χ4n) is 3.81. The maximum absolute atomic E-state index is 6.09.